The SMILES string of the molecule is [CH3][SnH]([CH3])[c]1ccc(C(=O)c2cc[c]([SnH]([CH3])[CH3])cc2)cc1. The first-order valence-electron chi connectivity index (χ1n) is 7.23. The summed E-state index contributed by atoms with van der Waals surface area (Å²) in [7, 11) is 0. The van der Waals surface area contributed by atoms with E-state index in [1.807, 2.05) is 24.3 Å². The van der Waals surface area contributed by atoms with E-state index in [1.54, 1.807) is 0 Å². The van der Waals surface area contributed by atoms with E-state index in [1.165, 1.54) is 7.16 Å². The molecule has 0 saturated heterocycles. The van der Waals surface area contributed by atoms with Gasteiger partial charge in [-0.15, -0.1) is 0 Å². The second-order valence-electron chi connectivity index (χ2n) is 5.88. The molecule has 104 valence electrons. The summed E-state index contributed by atoms with van der Waals surface area (Å²) in [6.45, 7) is 0. The van der Waals surface area contributed by atoms with Crippen LogP contribution in [0.25, 0.3) is 0 Å². The van der Waals surface area contributed by atoms with Crippen molar-refractivity contribution in [1.82, 2.24) is 0 Å². The fraction of sp³-hybridized carbons (Fsp3) is 0.235. The minimum absolute atomic E-state index is 0.140. The van der Waals surface area contributed by atoms with Crippen molar-refractivity contribution in [3.05, 3.63) is 59.7 Å². The van der Waals surface area contributed by atoms with Crippen LogP contribution in [-0.4, -0.2) is 45.3 Å². The Morgan fingerprint density at radius 2 is 0.950 bits per heavy atom. The molecular formula is C17H22OSn2. The quantitative estimate of drug-likeness (QED) is 0.486. The molecule has 0 heterocycles. The molecule has 0 amide bonds. The van der Waals surface area contributed by atoms with E-state index in [-0.39, 0.29) is 5.78 Å². The second kappa shape index (κ2) is 7.12. The summed E-state index contributed by atoms with van der Waals surface area (Å²) in [5.41, 5.74) is 1.61. The predicted molar refractivity (Wildman–Crippen MR) is 93.3 cm³/mol. The maximum absolute atomic E-state index is 12.4. The summed E-state index contributed by atoms with van der Waals surface area (Å²) in [4.78, 5) is 21.9. The molecule has 0 N–H and O–H groups in total. The van der Waals surface area contributed by atoms with Gasteiger partial charge in [-0.3, -0.25) is 0 Å². The monoisotopic (exact) mass is 482 g/mol. The molecule has 0 aliphatic rings. The van der Waals surface area contributed by atoms with Crippen LogP contribution in [-0.2, 0) is 0 Å². The third-order valence-electron chi connectivity index (χ3n) is 3.68. The molecule has 20 heavy (non-hydrogen) atoms. The first-order chi connectivity index (χ1) is 9.49. The Morgan fingerprint density at radius 1 is 0.650 bits per heavy atom. The molecule has 0 aliphatic carbocycles. The molecule has 2 aromatic carbocycles. The molecule has 0 aliphatic heterocycles. The summed E-state index contributed by atoms with van der Waals surface area (Å²) < 4.78 is 2.96. The van der Waals surface area contributed by atoms with E-state index in [9.17, 15) is 4.79 Å². The molecule has 0 saturated carbocycles. The second-order valence-corrected chi connectivity index (χ2v) is 22.9. The first-order valence-corrected chi connectivity index (χ1v) is 23.7. The topological polar surface area (TPSA) is 17.1 Å². The fourth-order valence-electron chi connectivity index (χ4n) is 2.21. The average molecular weight is 480 g/mol. The number of hydrogen-bond donors (Lipinski definition) is 0. The number of carbonyl (C=O) groups is 1. The molecule has 0 spiro atoms. The van der Waals surface area contributed by atoms with Crippen LogP contribution in [0.15, 0.2) is 48.5 Å². The summed E-state index contributed by atoms with van der Waals surface area (Å²) >= 11 is -2.86. The van der Waals surface area contributed by atoms with Gasteiger partial charge in [-0.2, -0.15) is 0 Å². The molecule has 1 nitrogen and oxygen atoms in total. The van der Waals surface area contributed by atoms with Crippen LogP contribution >= 0.6 is 0 Å². The van der Waals surface area contributed by atoms with E-state index in [0.29, 0.717) is 0 Å². The van der Waals surface area contributed by atoms with Gasteiger partial charge in [-0.1, -0.05) is 0 Å². The summed E-state index contributed by atoms with van der Waals surface area (Å²) in [5.74, 6) is 0.140. The molecule has 3 heteroatoms. The Morgan fingerprint density at radius 3 is 1.20 bits per heavy atom. The Labute approximate surface area is 135 Å². The number of benzene rings is 2. The van der Waals surface area contributed by atoms with Crippen LogP contribution in [0.3, 0.4) is 0 Å². The zero-order valence-electron chi connectivity index (χ0n) is 12.7. The van der Waals surface area contributed by atoms with Gasteiger partial charge < -0.3 is 0 Å². The predicted octanol–water partition coefficient (Wildman–Crippen LogP) is 2.31. The zero-order valence-corrected chi connectivity index (χ0v) is 19.3. The van der Waals surface area contributed by atoms with Crippen molar-refractivity contribution in [3.63, 3.8) is 0 Å². The molecule has 0 bridgehead atoms. The molecule has 2 aromatic rings. The van der Waals surface area contributed by atoms with E-state index in [2.05, 4.69) is 44.0 Å². The van der Waals surface area contributed by atoms with E-state index in [0.717, 1.165) is 11.1 Å². The molecule has 0 unspecified atom stereocenters. The van der Waals surface area contributed by atoms with Crippen LogP contribution < -0.4 is 7.16 Å². The average Bonchev–Trinajstić information content (AvgIpc) is 2.46. The number of rotatable bonds is 4. The van der Waals surface area contributed by atoms with Gasteiger partial charge in [0.05, 0.1) is 0 Å². The van der Waals surface area contributed by atoms with Crippen molar-refractivity contribution >= 4 is 52.5 Å². The number of carbonyl (C=O) groups excluding carboxylic acids is 1. The number of ketones is 1. The summed E-state index contributed by atoms with van der Waals surface area (Å²) in [5, 5.41) is 0. The van der Waals surface area contributed by atoms with Gasteiger partial charge in [0, 0.05) is 0 Å². The Balaban J connectivity index is 2.22. The third kappa shape index (κ3) is 3.88. The standard InChI is InChI=1S/C13H8O.4CH3.2Sn.2H/c14-13(11-7-3-1-4-8-11)12-9-5-2-6-10-12;;;;;;;;/h3-10H;4*1H3;;;;. The van der Waals surface area contributed by atoms with Gasteiger partial charge in [0.1, 0.15) is 0 Å². The normalized spacial score (nSPS) is 11.1. The molecule has 0 atom stereocenters. The maximum atomic E-state index is 12.4. The van der Waals surface area contributed by atoms with Crippen molar-refractivity contribution < 1.29 is 4.79 Å². The first kappa shape index (κ1) is 16.1. The molecule has 2 rings (SSSR count). The van der Waals surface area contributed by atoms with Gasteiger partial charge in [-0.05, 0) is 0 Å². The van der Waals surface area contributed by atoms with Crippen molar-refractivity contribution in [1.29, 1.82) is 0 Å². The van der Waals surface area contributed by atoms with E-state index in [4.69, 9.17) is 0 Å². The van der Waals surface area contributed by atoms with Crippen LogP contribution in [0, 0.1) is 0 Å². The third-order valence-corrected chi connectivity index (χ3v) is 13.5. The summed E-state index contributed by atoms with van der Waals surface area (Å²) in [6.07, 6.45) is 0. The molecule has 0 radical (unpaired) electrons. The zero-order chi connectivity index (χ0) is 14.7. The van der Waals surface area contributed by atoms with Crippen LogP contribution in [0.1, 0.15) is 15.9 Å². The van der Waals surface area contributed by atoms with Gasteiger partial charge in [0.2, 0.25) is 0 Å². The van der Waals surface area contributed by atoms with Crippen molar-refractivity contribution in [2.75, 3.05) is 0 Å². The van der Waals surface area contributed by atoms with Crippen LogP contribution in [0.2, 0.25) is 19.8 Å². The van der Waals surface area contributed by atoms with Gasteiger partial charge in [-0.25, -0.2) is 0 Å². The minimum atomic E-state index is -1.43. The summed E-state index contributed by atoms with van der Waals surface area (Å²) in [6, 6.07) is 16.5. The van der Waals surface area contributed by atoms with Gasteiger partial charge in [0.25, 0.3) is 0 Å². The van der Waals surface area contributed by atoms with Gasteiger partial charge in [0.15, 0.2) is 0 Å². The fourth-order valence-corrected chi connectivity index (χ4v) is 7.70. The van der Waals surface area contributed by atoms with E-state index >= 15 is 0 Å². The van der Waals surface area contributed by atoms with E-state index < -0.39 is 39.5 Å². The Hall–Kier alpha value is -0.293. The Kier molecular flexibility index (Phi) is 5.72. The van der Waals surface area contributed by atoms with Crippen LogP contribution in [0.4, 0.5) is 0 Å². The Bertz CT molecular complexity index is 530. The van der Waals surface area contributed by atoms with Crippen LogP contribution in [0.5, 0.6) is 0 Å². The van der Waals surface area contributed by atoms with Gasteiger partial charge >= 0.3 is 137 Å². The van der Waals surface area contributed by atoms with Crippen molar-refractivity contribution in [2.45, 2.75) is 19.8 Å². The van der Waals surface area contributed by atoms with Crippen molar-refractivity contribution in [2.24, 2.45) is 0 Å². The molecule has 0 fully saturated rings. The van der Waals surface area contributed by atoms with Crippen molar-refractivity contribution in [3.8, 4) is 0 Å². The number of hydrogen-bond acceptors (Lipinski definition) is 1. The molecule has 0 aromatic heterocycles. The molecular weight excluding hydrogens is 458 g/mol.